The molecule has 0 aliphatic carbocycles. The van der Waals surface area contributed by atoms with Gasteiger partial charge in [0.25, 0.3) is 5.56 Å². The fourth-order valence-electron chi connectivity index (χ4n) is 4.35. The molecule has 1 atom stereocenters. The highest BCUT2D eigenvalue weighted by molar-refractivity contribution is 9.10. The monoisotopic (exact) mass is 614 g/mol. The van der Waals surface area contributed by atoms with Crippen molar-refractivity contribution in [2.45, 2.75) is 46.8 Å². The highest BCUT2D eigenvalue weighted by Crippen LogP contribution is 2.37. The van der Waals surface area contributed by atoms with Gasteiger partial charge in [0.15, 0.2) is 16.3 Å². The molecule has 2 heterocycles. The van der Waals surface area contributed by atoms with Crippen molar-refractivity contribution in [2.75, 3.05) is 20.3 Å². The van der Waals surface area contributed by atoms with Crippen molar-refractivity contribution in [1.29, 1.82) is 0 Å². The first-order valence-electron chi connectivity index (χ1n) is 12.6. The molecule has 2 aromatic carbocycles. The molecule has 0 unspecified atom stereocenters. The van der Waals surface area contributed by atoms with Crippen molar-refractivity contribution in [3.05, 3.63) is 83.0 Å². The molecule has 1 aliphatic heterocycles. The quantitative estimate of drug-likeness (QED) is 0.323. The molecule has 39 heavy (non-hydrogen) atoms. The number of esters is 1. The van der Waals surface area contributed by atoms with Crippen molar-refractivity contribution in [2.24, 2.45) is 4.99 Å². The number of hydrogen-bond acceptors (Lipinski definition) is 8. The van der Waals surface area contributed by atoms with Gasteiger partial charge in [-0.1, -0.05) is 23.5 Å². The number of halogens is 1. The third-order valence-electron chi connectivity index (χ3n) is 5.93. The van der Waals surface area contributed by atoms with Crippen molar-refractivity contribution in [1.82, 2.24) is 4.57 Å². The maximum Gasteiger partial charge on any atom is 0.338 e. The number of carbonyl (C=O) groups is 1. The number of methoxy groups -OCH3 is 1. The molecule has 0 saturated carbocycles. The Labute approximate surface area is 239 Å². The van der Waals surface area contributed by atoms with Gasteiger partial charge in [0.1, 0.15) is 5.75 Å². The molecule has 0 amide bonds. The van der Waals surface area contributed by atoms with Crippen LogP contribution in [0.2, 0.25) is 0 Å². The number of thiazole rings is 1. The topological polar surface area (TPSA) is 88.4 Å². The Morgan fingerprint density at radius 1 is 1.15 bits per heavy atom. The Kier molecular flexibility index (Phi) is 8.97. The van der Waals surface area contributed by atoms with Crippen LogP contribution in [0, 0.1) is 0 Å². The third kappa shape index (κ3) is 5.96. The second kappa shape index (κ2) is 12.2. The first kappa shape index (κ1) is 28.6. The number of carbonyl (C=O) groups excluding carboxylic acids is 1. The average Bonchev–Trinajstić information content (AvgIpc) is 3.19. The van der Waals surface area contributed by atoms with E-state index >= 15 is 0 Å². The first-order valence-corrected chi connectivity index (χ1v) is 14.3. The van der Waals surface area contributed by atoms with E-state index in [1.165, 1.54) is 11.3 Å². The molecule has 1 aromatic heterocycles. The molecule has 1 aliphatic rings. The van der Waals surface area contributed by atoms with Gasteiger partial charge in [-0.05, 0) is 92.0 Å². The molecular weight excluding hydrogens is 584 g/mol. The molecule has 0 bridgehead atoms. The van der Waals surface area contributed by atoms with Crippen LogP contribution in [0.15, 0.2) is 61.9 Å². The zero-order chi connectivity index (χ0) is 28.3. The molecule has 0 radical (unpaired) electrons. The normalized spacial score (nSPS) is 15.2. The average molecular weight is 616 g/mol. The fourth-order valence-corrected chi connectivity index (χ4v) is 5.97. The van der Waals surface area contributed by atoms with Crippen molar-refractivity contribution < 1.29 is 23.7 Å². The summed E-state index contributed by atoms with van der Waals surface area (Å²) in [7, 11) is 1.57. The highest BCUT2D eigenvalue weighted by atomic mass is 79.9. The van der Waals surface area contributed by atoms with Gasteiger partial charge in [-0.15, -0.1) is 0 Å². The van der Waals surface area contributed by atoms with Gasteiger partial charge < -0.3 is 18.9 Å². The largest absolute Gasteiger partial charge is 0.494 e. The minimum absolute atomic E-state index is 0.260. The number of benzene rings is 2. The van der Waals surface area contributed by atoms with E-state index in [0.717, 1.165) is 11.1 Å². The van der Waals surface area contributed by atoms with Crippen LogP contribution in [0.3, 0.4) is 0 Å². The van der Waals surface area contributed by atoms with Gasteiger partial charge in [-0.3, -0.25) is 9.36 Å². The van der Waals surface area contributed by atoms with Gasteiger partial charge in [0.05, 0.1) is 52.7 Å². The Hall–Kier alpha value is -3.37. The van der Waals surface area contributed by atoms with Crippen LogP contribution in [0.1, 0.15) is 51.8 Å². The summed E-state index contributed by atoms with van der Waals surface area (Å²) in [5, 5.41) is 0. The summed E-state index contributed by atoms with van der Waals surface area (Å²) in [6.45, 7) is 10.2. The number of ether oxygens (including phenoxy) is 4. The molecule has 0 saturated heterocycles. The maximum atomic E-state index is 13.9. The van der Waals surface area contributed by atoms with Crippen LogP contribution in [-0.2, 0) is 9.53 Å². The maximum absolute atomic E-state index is 13.9. The molecule has 0 fully saturated rings. The summed E-state index contributed by atoms with van der Waals surface area (Å²) in [5.41, 5.74) is 2.08. The second-order valence-electron chi connectivity index (χ2n) is 9.01. The number of allylic oxidation sites excluding steroid dienone is 1. The zero-order valence-corrected chi connectivity index (χ0v) is 25.1. The smallest absolute Gasteiger partial charge is 0.338 e. The first-order chi connectivity index (χ1) is 18.7. The third-order valence-corrected chi connectivity index (χ3v) is 7.50. The summed E-state index contributed by atoms with van der Waals surface area (Å²) in [6.07, 6.45) is 1.46. The van der Waals surface area contributed by atoms with Crippen LogP contribution in [-0.4, -0.2) is 37.0 Å². The summed E-state index contributed by atoms with van der Waals surface area (Å²) < 4.78 is 25.1. The van der Waals surface area contributed by atoms with Crippen molar-refractivity contribution in [3.8, 4) is 17.2 Å². The molecule has 10 heteroatoms. The van der Waals surface area contributed by atoms with Crippen LogP contribution in [0.5, 0.6) is 17.2 Å². The number of rotatable bonds is 9. The predicted octanol–water partition coefficient (Wildman–Crippen LogP) is 4.76. The molecule has 0 spiro atoms. The van der Waals surface area contributed by atoms with Gasteiger partial charge in [0.2, 0.25) is 0 Å². The minimum atomic E-state index is -0.702. The summed E-state index contributed by atoms with van der Waals surface area (Å²) in [4.78, 5) is 32.3. The lowest BCUT2D eigenvalue weighted by atomic mass is 9.96. The Balaban J connectivity index is 1.90. The fraction of sp³-hybridized carbons (Fsp3) is 0.345. The number of fused-ring (bicyclic) bond motifs is 1. The van der Waals surface area contributed by atoms with E-state index in [1.54, 1.807) is 38.5 Å². The SMILES string of the molecule is CCOc1ccc([C@H]2C(C(=O)OC(C)C)=C(C)N=c3s/c(=C/c4cc(Br)c(OCC)c(OC)c4)c(=O)n32)cc1. The lowest BCUT2D eigenvalue weighted by molar-refractivity contribution is -0.143. The molecule has 4 rings (SSSR count). The summed E-state index contributed by atoms with van der Waals surface area (Å²) >= 11 is 4.81. The van der Waals surface area contributed by atoms with Gasteiger partial charge >= 0.3 is 5.97 Å². The van der Waals surface area contributed by atoms with Crippen molar-refractivity contribution in [3.63, 3.8) is 0 Å². The van der Waals surface area contributed by atoms with Gasteiger partial charge in [0, 0.05) is 0 Å². The van der Waals surface area contributed by atoms with Crippen LogP contribution < -0.4 is 29.1 Å². The van der Waals surface area contributed by atoms with Crippen LogP contribution in [0.4, 0.5) is 0 Å². The Morgan fingerprint density at radius 3 is 2.46 bits per heavy atom. The predicted molar refractivity (Wildman–Crippen MR) is 154 cm³/mol. The molecular formula is C29H31BrN2O6S. The lowest BCUT2D eigenvalue weighted by Gasteiger charge is -2.25. The van der Waals surface area contributed by atoms with Crippen LogP contribution >= 0.6 is 27.3 Å². The van der Waals surface area contributed by atoms with E-state index < -0.39 is 12.0 Å². The van der Waals surface area contributed by atoms with Gasteiger partial charge in [-0.2, -0.15) is 0 Å². The Morgan fingerprint density at radius 2 is 1.85 bits per heavy atom. The molecule has 8 nitrogen and oxygen atoms in total. The number of nitrogens with zero attached hydrogens (tertiary/aromatic N) is 2. The van der Waals surface area contributed by atoms with E-state index in [-0.39, 0.29) is 11.7 Å². The van der Waals surface area contributed by atoms with E-state index in [1.807, 2.05) is 50.2 Å². The van der Waals surface area contributed by atoms with E-state index in [2.05, 4.69) is 20.9 Å². The van der Waals surface area contributed by atoms with Crippen LogP contribution in [0.25, 0.3) is 6.08 Å². The summed E-state index contributed by atoms with van der Waals surface area (Å²) in [6, 6.07) is 10.4. The van der Waals surface area contributed by atoms with E-state index in [4.69, 9.17) is 18.9 Å². The lowest BCUT2D eigenvalue weighted by Crippen LogP contribution is -2.40. The number of aromatic nitrogens is 1. The molecule has 3 aromatic rings. The highest BCUT2D eigenvalue weighted by Gasteiger charge is 2.33. The molecule has 0 N–H and O–H groups in total. The van der Waals surface area contributed by atoms with Crippen molar-refractivity contribution >= 4 is 39.3 Å². The van der Waals surface area contributed by atoms with E-state index in [9.17, 15) is 9.59 Å². The summed E-state index contributed by atoms with van der Waals surface area (Å²) in [5.74, 6) is 1.35. The van der Waals surface area contributed by atoms with E-state index in [0.29, 0.717) is 55.5 Å². The zero-order valence-electron chi connectivity index (χ0n) is 22.7. The molecule has 206 valence electrons. The second-order valence-corrected chi connectivity index (χ2v) is 10.9. The minimum Gasteiger partial charge on any atom is -0.494 e. The Bertz CT molecular complexity index is 1590. The number of hydrogen-bond donors (Lipinski definition) is 0. The van der Waals surface area contributed by atoms with Gasteiger partial charge in [-0.25, -0.2) is 9.79 Å². The standard InChI is InChI=1S/C29H31BrN2O6S/c1-7-36-20-11-9-19(10-12-20)25-24(28(34)38-16(3)4)17(5)31-29-32(25)27(33)23(39-29)15-18-13-21(30)26(37-8-2)22(14-18)35-6/h9-16,25H,7-8H2,1-6H3/b23-15+/t25-/m0/s1.